The van der Waals surface area contributed by atoms with Crippen molar-refractivity contribution in [2.75, 3.05) is 32.1 Å². The Labute approximate surface area is 169 Å². The van der Waals surface area contributed by atoms with Gasteiger partial charge in [0.25, 0.3) is 5.91 Å². The fraction of sp³-hybridized carbons (Fsp3) is 0.476. The fourth-order valence-corrected chi connectivity index (χ4v) is 3.73. The van der Waals surface area contributed by atoms with Crippen LogP contribution in [0.4, 0.5) is 5.82 Å². The predicted molar refractivity (Wildman–Crippen MR) is 112 cm³/mol. The number of fused-ring (bicyclic) bond motifs is 2. The zero-order chi connectivity index (χ0) is 20.2. The molecule has 1 aromatic carbocycles. The highest BCUT2D eigenvalue weighted by atomic mass is 16.5. The molecular formula is C21H27N5O3. The highest BCUT2D eigenvalue weighted by Crippen LogP contribution is 2.29. The van der Waals surface area contributed by atoms with Crippen molar-refractivity contribution < 1.29 is 14.3 Å². The summed E-state index contributed by atoms with van der Waals surface area (Å²) in [5.41, 5.74) is 9.49. The average Bonchev–Trinajstić information content (AvgIpc) is 3.33. The second-order valence-electron chi connectivity index (χ2n) is 7.20. The lowest BCUT2D eigenvalue weighted by molar-refractivity contribution is 0.0941. The maximum absolute atomic E-state index is 13.0. The van der Waals surface area contributed by atoms with Crippen molar-refractivity contribution in [1.82, 2.24) is 19.9 Å². The molecule has 0 radical (unpaired) electrons. The summed E-state index contributed by atoms with van der Waals surface area (Å²) in [5, 5.41) is 2.93. The zero-order valence-corrected chi connectivity index (χ0v) is 16.7. The third-order valence-corrected chi connectivity index (χ3v) is 5.18. The molecule has 0 saturated carbocycles. The van der Waals surface area contributed by atoms with Crippen LogP contribution < -0.4 is 11.1 Å². The summed E-state index contributed by atoms with van der Waals surface area (Å²) >= 11 is 0. The summed E-state index contributed by atoms with van der Waals surface area (Å²) in [6.45, 7) is 5.05. The Balaban J connectivity index is 1.70. The van der Waals surface area contributed by atoms with Gasteiger partial charge in [-0.15, -0.1) is 0 Å². The highest BCUT2D eigenvalue weighted by Gasteiger charge is 2.26. The van der Waals surface area contributed by atoms with Crippen molar-refractivity contribution in [3.8, 4) is 0 Å². The Morgan fingerprint density at radius 3 is 2.86 bits per heavy atom. The van der Waals surface area contributed by atoms with Gasteiger partial charge in [0.1, 0.15) is 16.9 Å². The van der Waals surface area contributed by atoms with E-state index in [0.29, 0.717) is 48.8 Å². The minimum Gasteiger partial charge on any atom is -0.384 e. The maximum atomic E-state index is 13.0. The number of rotatable bonds is 8. The normalized spacial score (nSPS) is 16.7. The number of amides is 1. The van der Waals surface area contributed by atoms with Crippen molar-refractivity contribution in [3.63, 3.8) is 0 Å². The molecule has 0 bridgehead atoms. The molecule has 29 heavy (non-hydrogen) atoms. The molecule has 0 spiro atoms. The van der Waals surface area contributed by atoms with E-state index in [4.69, 9.17) is 25.2 Å². The van der Waals surface area contributed by atoms with E-state index in [-0.39, 0.29) is 12.0 Å². The van der Waals surface area contributed by atoms with Gasteiger partial charge in [-0.3, -0.25) is 4.79 Å². The van der Waals surface area contributed by atoms with Gasteiger partial charge in [0.15, 0.2) is 5.65 Å². The zero-order valence-electron chi connectivity index (χ0n) is 16.7. The maximum Gasteiger partial charge on any atom is 0.257 e. The van der Waals surface area contributed by atoms with Crippen LogP contribution in [0, 0.1) is 0 Å². The molecular weight excluding hydrogens is 370 g/mol. The van der Waals surface area contributed by atoms with E-state index >= 15 is 0 Å². The van der Waals surface area contributed by atoms with E-state index in [1.54, 1.807) is 0 Å². The number of hydrogen-bond acceptors (Lipinski definition) is 6. The van der Waals surface area contributed by atoms with Crippen LogP contribution in [0.2, 0.25) is 0 Å². The van der Waals surface area contributed by atoms with Crippen LogP contribution in [0.25, 0.3) is 22.2 Å². The average molecular weight is 397 g/mol. The number of carbonyl (C=O) groups excluding carboxylic acids is 1. The number of nitrogens with two attached hydrogens (primary N) is 1. The molecule has 8 nitrogen and oxygen atoms in total. The topological polar surface area (TPSA) is 104 Å². The van der Waals surface area contributed by atoms with Crippen LogP contribution >= 0.6 is 0 Å². The van der Waals surface area contributed by atoms with Gasteiger partial charge in [-0.1, -0.05) is 12.1 Å². The number of carbonyl (C=O) groups is 1. The van der Waals surface area contributed by atoms with Crippen LogP contribution in [-0.2, 0) is 16.0 Å². The van der Waals surface area contributed by atoms with Crippen molar-refractivity contribution in [2.45, 2.75) is 38.8 Å². The fourth-order valence-electron chi connectivity index (χ4n) is 3.73. The van der Waals surface area contributed by atoms with Crippen molar-refractivity contribution in [3.05, 3.63) is 29.8 Å². The van der Waals surface area contributed by atoms with Gasteiger partial charge >= 0.3 is 0 Å². The smallest absolute Gasteiger partial charge is 0.257 e. The molecule has 4 rings (SSSR count). The van der Waals surface area contributed by atoms with Crippen LogP contribution in [0.3, 0.4) is 0 Å². The Hall–Kier alpha value is -2.71. The number of nitrogens with one attached hydrogen (secondary N) is 1. The Morgan fingerprint density at radius 1 is 1.34 bits per heavy atom. The number of aromatic nitrogens is 3. The van der Waals surface area contributed by atoms with Crippen molar-refractivity contribution in [1.29, 1.82) is 0 Å². The van der Waals surface area contributed by atoms with E-state index in [0.717, 1.165) is 36.9 Å². The molecule has 8 heteroatoms. The summed E-state index contributed by atoms with van der Waals surface area (Å²) in [6.07, 6.45) is 2.82. The van der Waals surface area contributed by atoms with Gasteiger partial charge in [0, 0.05) is 26.4 Å². The molecule has 2 aromatic heterocycles. The molecule has 154 valence electrons. The van der Waals surface area contributed by atoms with Gasteiger partial charge in [0.2, 0.25) is 0 Å². The first-order valence-corrected chi connectivity index (χ1v) is 10.2. The molecule has 1 amide bonds. The molecule has 0 unspecified atom stereocenters. The van der Waals surface area contributed by atoms with Crippen LogP contribution in [0.5, 0.6) is 0 Å². The molecule has 3 N–H and O–H groups in total. The molecule has 1 atom stereocenters. The third kappa shape index (κ3) is 4.04. The van der Waals surface area contributed by atoms with Crippen LogP contribution in [-0.4, -0.2) is 52.9 Å². The van der Waals surface area contributed by atoms with E-state index in [1.807, 2.05) is 35.8 Å². The summed E-state index contributed by atoms with van der Waals surface area (Å²) in [4.78, 5) is 22.4. The van der Waals surface area contributed by atoms with E-state index in [2.05, 4.69) is 5.32 Å². The van der Waals surface area contributed by atoms with E-state index in [1.165, 1.54) is 0 Å². The second kappa shape index (κ2) is 8.75. The second-order valence-corrected chi connectivity index (χ2v) is 7.20. The van der Waals surface area contributed by atoms with E-state index in [9.17, 15) is 4.79 Å². The van der Waals surface area contributed by atoms with Crippen molar-refractivity contribution in [2.24, 2.45) is 0 Å². The van der Waals surface area contributed by atoms with Gasteiger partial charge in [-0.25, -0.2) is 9.97 Å². The highest BCUT2D eigenvalue weighted by molar-refractivity contribution is 6.10. The minimum atomic E-state index is -0.236. The SMILES string of the molecule is CCOCCCNC(=O)c1c(N)n(C[C@@H]2CCCO2)c2nc3ccccc3nc12. The number of hydrogen-bond donors (Lipinski definition) is 2. The van der Waals surface area contributed by atoms with E-state index < -0.39 is 0 Å². The molecule has 0 aliphatic carbocycles. The Kier molecular flexibility index (Phi) is 5.92. The number of benzene rings is 1. The monoisotopic (exact) mass is 397 g/mol. The van der Waals surface area contributed by atoms with Crippen LogP contribution in [0.15, 0.2) is 24.3 Å². The first-order chi connectivity index (χ1) is 14.2. The molecule has 1 saturated heterocycles. The number of para-hydroxylation sites is 2. The molecule has 1 aliphatic heterocycles. The third-order valence-electron chi connectivity index (χ3n) is 5.18. The van der Waals surface area contributed by atoms with Crippen LogP contribution in [0.1, 0.15) is 36.5 Å². The summed E-state index contributed by atoms with van der Waals surface area (Å²) in [6, 6.07) is 7.63. The summed E-state index contributed by atoms with van der Waals surface area (Å²) in [7, 11) is 0. The molecule has 3 heterocycles. The standard InChI is InChI=1S/C21H27N5O3/c1-2-28-11-6-10-23-21(27)17-18-20(25-16-9-4-3-8-15(16)24-18)26(19(17)22)13-14-7-5-12-29-14/h3-4,8-9,14H,2,5-7,10-13,22H2,1H3,(H,23,27)/t14-/m0/s1. The Bertz CT molecular complexity index is 1010. The van der Waals surface area contributed by atoms with Gasteiger partial charge < -0.3 is 25.1 Å². The lowest BCUT2D eigenvalue weighted by Gasteiger charge is -2.13. The molecule has 3 aromatic rings. The number of nitrogens with zero attached hydrogens (tertiary/aromatic N) is 3. The van der Waals surface area contributed by atoms with Gasteiger partial charge in [-0.2, -0.15) is 0 Å². The first-order valence-electron chi connectivity index (χ1n) is 10.2. The van der Waals surface area contributed by atoms with Gasteiger partial charge in [-0.05, 0) is 38.3 Å². The number of anilines is 1. The largest absolute Gasteiger partial charge is 0.384 e. The Morgan fingerprint density at radius 2 is 2.14 bits per heavy atom. The predicted octanol–water partition coefficient (Wildman–Crippen LogP) is 2.50. The summed E-state index contributed by atoms with van der Waals surface area (Å²) in [5.74, 6) is 0.146. The van der Waals surface area contributed by atoms with Crippen molar-refractivity contribution >= 4 is 33.9 Å². The minimum absolute atomic E-state index is 0.0725. The molecule has 1 aliphatic rings. The molecule has 1 fully saturated rings. The number of nitrogen functional groups attached to an aromatic ring is 1. The number of ether oxygens (including phenoxy) is 2. The quantitative estimate of drug-likeness (QED) is 0.566. The lowest BCUT2D eigenvalue weighted by atomic mass is 10.2. The first kappa shape index (κ1) is 19.6. The summed E-state index contributed by atoms with van der Waals surface area (Å²) < 4.78 is 13.0. The lowest BCUT2D eigenvalue weighted by Crippen LogP contribution is -2.26. The van der Waals surface area contributed by atoms with Gasteiger partial charge in [0.05, 0.1) is 23.7 Å².